The van der Waals surface area contributed by atoms with Crippen LogP contribution in [0.15, 0.2) is 46.8 Å². The molecule has 0 unspecified atom stereocenters. The van der Waals surface area contributed by atoms with Crippen LogP contribution in [0.3, 0.4) is 0 Å². The van der Waals surface area contributed by atoms with E-state index in [1.807, 2.05) is 32.3 Å². The van der Waals surface area contributed by atoms with Crippen molar-refractivity contribution in [2.75, 3.05) is 0 Å². The Labute approximate surface area is 157 Å². The fourth-order valence-electron chi connectivity index (χ4n) is 2.68. The molecule has 0 aliphatic heterocycles. The van der Waals surface area contributed by atoms with Gasteiger partial charge in [0.2, 0.25) is 0 Å². The van der Waals surface area contributed by atoms with Gasteiger partial charge in [0.15, 0.2) is 5.69 Å². The molecule has 136 valence electrons. The number of aromatic nitrogens is 5. The lowest BCUT2D eigenvalue weighted by atomic mass is 10.3. The summed E-state index contributed by atoms with van der Waals surface area (Å²) in [5, 5.41) is 6.41. The Morgan fingerprint density at radius 2 is 2.15 bits per heavy atom. The zero-order valence-corrected chi connectivity index (χ0v) is 15.4. The molecule has 0 aliphatic rings. The molecule has 8 nitrogen and oxygen atoms in total. The molecule has 0 N–H and O–H groups in total. The maximum absolute atomic E-state index is 12.3. The van der Waals surface area contributed by atoms with Crippen molar-refractivity contribution >= 4 is 23.0 Å². The number of carbonyl (C=O) groups excluding carboxylic acids is 1. The van der Waals surface area contributed by atoms with Gasteiger partial charge >= 0.3 is 5.97 Å². The van der Waals surface area contributed by atoms with Gasteiger partial charge in [-0.2, -0.15) is 5.10 Å². The van der Waals surface area contributed by atoms with Gasteiger partial charge in [0.1, 0.15) is 17.3 Å². The molecular weight excluding hydrogens is 366 g/mol. The van der Waals surface area contributed by atoms with Crippen LogP contribution in [0, 0.1) is 6.92 Å². The van der Waals surface area contributed by atoms with E-state index in [4.69, 9.17) is 4.74 Å². The van der Waals surface area contributed by atoms with E-state index in [0.29, 0.717) is 16.3 Å². The van der Waals surface area contributed by atoms with Crippen LogP contribution in [0.5, 0.6) is 0 Å². The van der Waals surface area contributed by atoms with Crippen molar-refractivity contribution in [2.24, 2.45) is 7.05 Å². The third-order valence-electron chi connectivity index (χ3n) is 3.95. The van der Waals surface area contributed by atoms with Crippen molar-refractivity contribution in [1.82, 2.24) is 24.1 Å². The Morgan fingerprint density at radius 1 is 1.30 bits per heavy atom. The molecule has 0 saturated carbocycles. The number of nitrogens with zero attached hydrogens (tertiary/aromatic N) is 5. The highest BCUT2D eigenvalue weighted by Crippen LogP contribution is 2.23. The second-order valence-electron chi connectivity index (χ2n) is 5.96. The molecule has 4 rings (SSSR count). The average molecular weight is 381 g/mol. The third-order valence-corrected chi connectivity index (χ3v) is 4.84. The molecule has 0 saturated heterocycles. The van der Waals surface area contributed by atoms with Crippen LogP contribution in [0.25, 0.3) is 16.2 Å². The first kappa shape index (κ1) is 17.1. The Kier molecular flexibility index (Phi) is 4.28. The Balaban J connectivity index is 1.50. The second kappa shape index (κ2) is 6.76. The van der Waals surface area contributed by atoms with Crippen molar-refractivity contribution in [1.29, 1.82) is 0 Å². The highest BCUT2D eigenvalue weighted by atomic mass is 32.1. The van der Waals surface area contributed by atoms with Crippen LogP contribution in [-0.4, -0.2) is 30.1 Å². The number of rotatable bonds is 4. The van der Waals surface area contributed by atoms with Gasteiger partial charge in [-0.1, -0.05) is 6.07 Å². The van der Waals surface area contributed by atoms with Crippen molar-refractivity contribution in [2.45, 2.75) is 13.5 Å². The lowest BCUT2D eigenvalue weighted by Crippen LogP contribution is -2.18. The van der Waals surface area contributed by atoms with Crippen LogP contribution >= 0.6 is 11.3 Å². The average Bonchev–Trinajstić information content (AvgIpc) is 3.28. The highest BCUT2D eigenvalue weighted by molar-refractivity contribution is 7.13. The van der Waals surface area contributed by atoms with Crippen molar-refractivity contribution in [3.8, 4) is 10.6 Å². The van der Waals surface area contributed by atoms with Gasteiger partial charge in [-0.3, -0.25) is 13.9 Å². The van der Waals surface area contributed by atoms with Crippen LogP contribution in [0.4, 0.5) is 0 Å². The summed E-state index contributed by atoms with van der Waals surface area (Å²) < 4.78 is 8.45. The monoisotopic (exact) mass is 381 g/mol. The van der Waals surface area contributed by atoms with Crippen molar-refractivity contribution < 1.29 is 9.53 Å². The van der Waals surface area contributed by atoms with Crippen LogP contribution in [0.1, 0.15) is 21.9 Å². The number of thiazole rings is 1. The fraction of sp³-hybridized carbons (Fsp3) is 0.167. The van der Waals surface area contributed by atoms with Gasteiger partial charge in [-0.15, -0.1) is 11.3 Å². The van der Waals surface area contributed by atoms with Crippen molar-refractivity contribution in [3.05, 3.63) is 69.5 Å². The van der Waals surface area contributed by atoms with E-state index < -0.39 is 5.97 Å². The highest BCUT2D eigenvalue weighted by Gasteiger charge is 2.15. The SMILES string of the molecule is Cc1cccc2nc(COC(=O)c3csc(-c4cnn(C)c4)n3)cc(=O)n12. The molecular formula is C18H15N5O3S. The number of pyridine rings is 1. The summed E-state index contributed by atoms with van der Waals surface area (Å²) in [4.78, 5) is 33.2. The first-order chi connectivity index (χ1) is 13.0. The number of fused-ring (bicyclic) bond motifs is 1. The number of esters is 1. The molecule has 9 heteroatoms. The van der Waals surface area contributed by atoms with E-state index in [1.54, 1.807) is 22.3 Å². The normalized spacial score (nSPS) is 11.0. The second-order valence-corrected chi connectivity index (χ2v) is 6.82. The van der Waals surface area contributed by atoms with Crippen LogP contribution in [0.2, 0.25) is 0 Å². The first-order valence-electron chi connectivity index (χ1n) is 8.11. The Morgan fingerprint density at radius 3 is 2.93 bits per heavy atom. The van der Waals surface area contributed by atoms with Crippen LogP contribution < -0.4 is 5.56 Å². The topological polar surface area (TPSA) is 91.4 Å². The molecule has 4 aromatic heterocycles. The number of hydrogen-bond acceptors (Lipinski definition) is 7. The zero-order chi connectivity index (χ0) is 19.0. The predicted octanol–water partition coefficient (Wildman–Crippen LogP) is 2.22. The Hall–Kier alpha value is -3.33. The number of carbonyl (C=O) groups is 1. The van der Waals surface area contributed by atoms with Gasteiger partial charge in [0, 0.05) is 35.9 Å². The summed E-state index contributed by atoms with van der Waals surface area (Å²) in [6.07, 6.45) is 3.50. The summed E-state index contributed by atoms with van der Waals surface area (Å²) in [5.41, 5.74) is 2.53. The van der Waals surface area contributed by atoms with Gasteiger partial charge in [-0.05, 0) is 19.1 Å². The minimum absolute atomic E-state index is 0.0989. The Bertz CT molecular complexity index is 1210. The minimum atomic E-state index is -0.562. The third kappa shape index (κ3) is 3.36. The molecule has 0 spiro atoms. The molecule has 4 aromatic rings. The summed E-state index contributed by atoms with van der Waals surface area (Å²) in [7, 11) is 1.81. The number of hydrogen-bond donors (Lipinski definition) is 0. The lowest BCUT2D eigenvalue weighted by molar-refractivity contribution is 0.0462. The molecule has 0 radical (unpaired) electrons. The standard InChI is InChI=1S/C18H15N5O3S/c1-11-4-3-5-15-20-13(6-16(24)23(11)15)9-26-18(25)14-10-27-17(21-14)12-7-19-22(2)8-12/h3-8,10H,9H2,1-2H3. The number of ether oxygens (including phenoxy) is 1. The summed E-state index contributed by atoms with van der Waals surface area (Å²) >= 11 is 1.34. The molecule has 0 aliphatic carbocycles. The maximum atomic E-state index is 12.3. The van der Waals surface area contributed by atoms with Crippen molar-refractivity contribution in [3.63, 3.8) is 0 Å². The van der Waals surface area contributed by atoms with E-state index in [-0.39, 0.29) is 17.9 Å². The fourth-order valence-corrected chi connectivity index (χ4v) is 3.45. The van der Waals surface area contributed by atoms with Gasteiger partial charge < -0.3 is 4.74 Å². The summed E-state index contributed by atoms with van der Waals surface area (Å²) in [5.74, 6) is -0.562. The van der Waals surface area contributed by atoms with Gasteiger partial charge in [-0.25, -0.2) is 14.8 Å². The molecule has 0 aromatic carbocycles. The van der Waals surface area contributed by atoms with Crippen LogP contribution in [-0.2, 0) is 18.4 Å². The largest absolute Gasteiger partial charge is 0.454 e. The van der Waals surface area contributed by atoms with E-state index in [1.165, 1.54) is 21.8 Å². The maximum Gasteiger partial charge on any atom is 0.358 e. The quantitative estimate of drug-likeness (QED) is 0.504. The van der Waals surface area contributed by atoms with E-state index in [0.717, 1.165) is 11.3 Å². The van der Waals surface area contributed by atoms with E-state index in [9.17, 15) is 9.59 Å². The first-order valence-corrected chi connectivity index (χ1v) is 8.99. The molecule has 0 atom stereocenters. The zero-order valence-electron chi connectivity index (χ0n) is 14.6. The smallest absolute Gasteiger partial charge is 0.358 e. The molecule has 0 amide bonds. The molecule has 4 heterocycles. The van der Waals surface area contributed by atoms with E-state index >= 15 is 0 Å². The molecule has 0 fully saturated rings. The summed E-state index contributed by atoms with van der Waals surface area (Å²) in [6, 6.07) is 6.76. The number of aryl methyl sites for hydroxylation is 2. The summed E-state index contributed by atoms with van der Waals surface area (Å²) in [6.45, 7) is 1.73. The molecule has 0 bridgehead atoms. The predicted molar refractivity (Wildman–Crippen MR) is 99.6 cm³/mol. The lowest BCUT2D eigenvalue weighted by Gasteiger charge is -2.06. The molecule has 27 heavy (non-hydrogen) atoms. The minimum Gasteiger partial charge on any atom is -0.454 e. The van der Waals surface area contributed by atoms with Gasteiger partial charge in [0.25, 0.3) is 5.56 Å². The van der Waals surface area contributed by atoms with Gasteiger partial charge in [0.05, 0.1) is 11.9 Å². The van der Waals surface area contributed by atoms with E-state index in [2.05, 4.69) is 15.1 Å².